The average molecular weight is 350 g/mol. The zero-order valence-electron chi connectivity index (χ0n) is 14.7. The molecule has 0 atom stereocenters. The van der Waals surface area contributed by atoms with E-state index >= 15 is 0 Å². The summed E-state index contributed by atoms with van der Waals surface area (Å²) < 4.78 is 0. The van der Waals surface area contributed by atoms with Crippen LogP contribution >= 0.6 is 0 Å². The summed E-state index contributed by atoms with van der Waals surface area (Å²) in [4.78, 5) is 38.5. The first kappa shape index (κ1) is 17.4. The molecule has 1 heterocycles. The molecule has 0 saturated carbocycles. The van der Waals surface area contributed by atoms with Gasteiger partial charge >= 0.3 is 6.03 Å². The van der Waals surface area contributed by atoms with Crippen LogP contribution in [0.3, 0.4) is 0 Å². The maximum Gasteiger partial charge on any atom is 0.335 e. The summed E-state index contributed by atoms with van der Waals surface area (Å²) in [6.07, 6.45) is 1.40. The van der Waals surface area contributed by atoms with Crippen LogP contribution in [0.25, 0.3) is 6.08 Å². The van der Waals surface area contributed by atoms with Gasteiger partial charge in [-0.2, -0.15) is 0 Å². The van der Waals surface area contributed by atoms with Crippen molar-refractivity contribution >= 4 is 29.6 Å². The molecule has 1 aliphatic heterocycles. The van der Waals surface area contributed by atoms with Crippen molar-refractivity contribution in [3.8, 4) is 5.75 Å². The van der Waals surface area contributed by atoms with Crippen LogP contribution in [0.2, 0.25) is 0 Å². The summed E-state index contributed by atoms with van der Waals surface area (Å²) in [6.45, 7) is 5.56. The molecule has 0 radical (unpaired) electrons. The molecule has 2 aromatic rings. The Morgan fingerprint density at radius 1 is 0.962 bits per heavy atom. The van der Waals surface area contributed by atoms with E-state index in [4.69, 9.17) is 0 Å². The number of carbonyl (C=O) groups is 3. The van der Waals surface area contributed by atoms with Crippen LogP contribution < -0.4 is 10.2 Å². The van der Waals surface area contributed by atoms with Crippen molar-refractivity contribution in [3.05, 3.63) is 64.2 Å². The van der Waals surface area contributed by atoms with Crippen molar-refractivity contribution in [2.45, 2.75) is 20.8 Å². The minimum atomic E-state index is -0.766. The molecule has 4 amide bonds. The van der Waals surface area contributed by atoms with E-state index in [1.165, 1.54) is 18.2 Å². The fraction of sp³-hybridized carbons (Fsp3) is 0.150. The lowest BCUT2D eigenvalue weighted by Crippen LogP contribution is -2.54. The summed E-state index contributed by atoms with van der Waals surface area (Å²) in [6, 6.07) is 9.05. The molecule has 26 heavy (non-hydrogen) atoms. The number of imide groups is 2. The third kappa shape index (κ3) is 3.09. The third-order valence-electron chi connectivity index (χ3n) is 4.16. The molecule has 6 heteroatoms. The molecular weight excluding hydrogens is 332 g/mol. The molecule has 6 nitrogen and oxygen atoms in total. The third-order valence-corrected chi connectivity index (χ3v) is 4.16. The topological polar surface area (TPSA) is 86.7 Å². The second kappa shape index (κ2) is 6.48. The molecule has 0 unspecified atom stereocenters. The largest absolute Gasteiger partial charge is 0.508 e. The first-order valence-corrected chi connectivity index (χ1v) is 8.06. The molecule has 1 fully saturated rings. The lowest BCUT2D eigenvalue weighted by molar-refractivity contribution is -0.122. The summed E-state index contributed by atoms with van der Waals surface area (Å²) >= 11 is 0. The number of nitrogens with zero attached hydrogens (tertiary/aromatic N) is 1. The molecule has 0 aromatic heterocycles. The monoisotopic (exact) mass is 350 g/mol. The first-order valence-electron chi connectivity index (χ1n) is 8.06. The van der Waals surface area contributed by atoms with Gasteiger partial charge in [0.2, 0.25) is 0 Å². The Balaban J connectivity index is 2.08. The Hall–Kier alpha value is -3.41. The van der Waals surface area contributed by atoms with Crippen LogP contribution in [-0.2, 0) is 9.59 Å². The molecular formula is C20H18N2O4. The van der Waals surface area contributed by atoms with Gasteiger partial charge in [-0.1, -0.05) is 29.8 Å². The Labute approximate surface area is 150 Å². The van der Waals surface area contributed by atoms with Gasteiger partial charge in [0.05, 0.1) is 5.69 Å². The van der Waals surface area contributed by atoms with Gasteiger partial charge in [-0.3, -0.25) is 14.9 Å². The predicted octanol–water partition coefficient (Wildman–Crippen LogP) is 2.98. The number of urea groups is 1. The standard InChI is InChI=1S/C20H18N2O4/c1-11-8-12(2)17(13(3)9-11)22-19(25)16(18(24)21-20(22)26)10-14-4-6-15(23)7-5-14/h4-10,23H,1-3H3,(H,21,24,26)/b16-10-. The van der Waals surface area contributed by atoms with E-state index in [1.54, 1.807) is 12.1 Å². The van der Waals surface area contributed by atoms with Crippen molar-refractivity contribution in [1.29, 1.82) is 0 Å². The van der Waals surface area contributed by atoms with Gasteiger partial charge in [0, 0.05) is 0 Å². The fourth-order valence-corrected chi connectivity index (χ4v) is 3.12. The van der Waals surface area contributed by atoms with Gasteiger partial charge in [-0.05, 0) is 55.7 Å². The van der Waals surface area contributed by atoms with E-state index in [1.807, 2.05) is 32.9 Å². The number of phenols is 1. The van der Waals surface area contributed by atoms with Crippen LogP contribution in [0.4, 0.5) is 10.5 Å². The number of nitrogens with one attached hydrogen (secondary N) is 1. The maximum atomic E-state index is 12.9. The fourth-order valence-electron chi connectivity index (χ4n) is 3.12. The maximum absolute atomic E-state index is 12.9. The number of carbonyl (C=O) groups excluding carboxylic acids is 3. The number of hydrogen-bond donors (Lipinski definition) is 2. The number of phenolic OH excluding ortho intramolecular Hbond substituents is 1. The van der Waals surface area contributed by atoms with Gasteiger partial charge in [0.25, 0.3) is 11.8 Å². The van der Waals surface area contributed by atoms with Crippen molar-refractivity contribution in [3.63, 3.8) is 0 Å². The van der Waals surface area contributed by atoms with E-state index in [0.717, 1.165) is 21.6 Å². The zero-order valence-corrected chi connectivity index (χ0v) is 14.7. The summed E-state index contributed by atoms with van der Waals surface area (Å²) in [5.74, 6) is -1.34. The molecule has 1 saturated heterocycles. The van der Waals surface area contributed by atoms with E-state index in [-0.39, 0.29) is 11.3 Å². The smallest absolute Gasteiger partial charge is 0.335 e. The number of rotatable bonds is 2. The van der Waals surface area contributed by atoms with E-state index in [0.29, 0.717) is 11.3 Å². The lowest BCUT2D eigenvalue weighted by atomic mass is 10.0. The van der Waals surface area contributed by atoms with Crippen molar-refractivity contribution < 1.29 is 19.5 Å². The molecule has 1 aliphatic rings. The normalized spacial score (nSPS) is 16.2. The van der Waals surface area contributed by atoms with Gasteiger partial charge < -0.3 is 5.11 Å². The predicted molar refractivity (Wildman–Crippen MR) is 97.8 cm³/mol. The highest BCUT2D eigenvalue weighted by Crippen LogP contribution is 2.29. The van der Waals surface area contributed by atoms with Gasteiger partial charge in [-0.25, -0.2) is 9.69 Å². The highest BCUT2D eigenvalue weighted by atomic mass is 16.3. The lowest BCUT2D eigenvalue weighted by Gasteiger charge is -2.29. The number of aromatic hydroxyl groups is 1. The molecule has 2 N–H and O–H groups in total. The average Bonchev–Trinajstić information content (AvgIpc) is 2.55. The second-order valence-electron chi connectivity index (χ2n) is 6.30. The highest BCUT2D eigenvalue weighted by Gasteiger charge is 2.38. The van der Waals surface area contributed by atoms with Crippen molar-refractivity contribution in [2.24, 2.45) is 0 Å². The SMILES string of the molecule is Cc1cc(C)c(N2C(=O)NC(=O)/C(=C/c3ccc(O)cc3)C2=O)c(C)c1. The van der Waals surface area contributed by atoms with Crippen LogP contribution in [0.15, 0.2) is 42.0 Å². The Morgan fingerprint density at radius 3 is 2.12 bits per heavy atom. The van der Waals surface area contributed by atoms with Gasteiger partial charge in [0.15, 0.2) is 0 Å². The molecule has 0 bridgehead atoms. The zero-order chi connectivity index (χ0) is 19.0. The minimum absolute atomic E-state index is 0.0780. The van der Waals surface area contributed by atoms with Crippen LogP contribution in [0.5, 0.6) is 5.75 Å². The van der Waals surface area contributed by atoms with Gasteiger partial charge in [-0.15, -0.1) is 0 Å². The Bertz CT molecular complexity index is 935. The van der Waals surface area contributed by atoms with E-state index in [9.17, 15) is 19.5 Å². The van der Waals surface area contributed by atoms with Crippen molar-refractivity contribution in [2.75, 3.05) is 4.90 Å². The number of hydrogen-bond acceptors (Lipinski definition) is 4. The minimum Gasteiger partial charge on any atom is -0.508 e. The van der Waals surface area contributed by atoms with E-state index < -0.39 is 17.8 Å². The molecule has 0 aliphatic carbocycles. The number of aryl methyl sites for hydroxylation is 3. The highest BCUT2D eigenvalue weighted by molar-refractivity contribution is 6.39. The van der Waals surface area contributed by atoms with Crippen LogP contribution in [-0.4, -0.2) is 23.0 Å². The van der Waals surface area contributed by atoms with Crippen LogP contribution in [0, 0.1) is 20.8 Å². The Kier molecular flexibility index (Phi) is 4.34. The summed E-state index contributed by atoms with van der Waals surface area (Å²) in [5.41, 5.74) is 3.45. The Morgan fingerprint density at radius 2 is 1.54 bits per heavy atom. The number of amides is 4. The number of barbiturate groups is 1. The summed E-state index contributed by atoms with van der Waals surface area (Å²) in [7, 11) is 0. The number of anilines is 1. The van der Waals surface area contributed by atoms with Crippen LogP contribution in [0.1, 0.15) is 22.3 Å². The summed E-state index contributed by atoms with van der Waals surface area (Å²) in [5, 5.41) is 11.6. The quantitative estimate of drug-likeness (QED) is 0.644. The van der Waals surface area contributed by atoms with E-state index in [2.05, 4.69) is 5.32 Å². The number of benzene rings is 2. The molecule has 3 rings (SSSR count). The second-order valence-corrected chi connectivity index (χ2v) is 6.30. The van der Waals surface area contributed by atoms with Crippen molar-refractivity contribution in [1.82, 2.24) is 5.32 Å². The molecule has 132 valence electrons. The first-order chi connectivity index (χ1) is 12.3. The molecule has 0 spiro atoms. The molecule has 2 aromatic carbocycles. The van der Waals surface area contributed by atoms with Gasteiger partial charge in [0.1, 0.15) is 11.3 Å².